The lowest BCUT2D eigenvalue weighted by Crippen LogP contribution is -2.42. The predicted octanol–water partition coefficient (Wildman–Crippen LogP) is 3.27. The van der Waals surface area contributed by atoms with Crippen LogP contribution in [0.15, 0.2) is 0 Å². The topological polar surface area (TPSA) is 76.5 Å². The molecular formula is C22H34N4O3. The number of nitrogens with zero attached hydrogens (tertiary/aromatic N) is 3. The molecule has 29 heavy (non-hydrogen) atoms. The maximum atomic E-state index is 13.1. The quantitative estimate of drug-likeness (QED) is 0.842. The van der Waals surface area contributed by atoms with Crippen molar-refractivity contribution >= 4 is 12.0 Å². The fraction of sp³-hybridized carbons (Fsp3) is 0.773. The fourth-order valence-corrected chi connectivity index (χ4v) is 5.55. The fourth-order valence-electron chi connectivity index (χ4n) is 5.55. The van der Waals surface area contributed by atoms with E-state index >= 15 is 0 Å². The van der Waals surface area contributed by atoms with E-state index < -0.39 is 5.60 Å². The van der Waals surface area contributed by atoms with Crippen LogP contribution in [-0.4, -0.2) is 44.9 Å². The molecule has 2 amide bonds. The zero-order valence-corrected chi connectivity index (χ0v) is 18.3. The van der Waals surface area contributed by atoms with Gasteiger partial charge in [0.2, 0.25) is 0 Å². The number of aromatic nitrogens is 2. The molecule has 2 heterocycles. The molecule has 4 atom stereocenters. The highest BCUT2D eigenvalue weighted by molar-refractivity contribution is 5.94. The summed E-state index contributed by atoms with van der Waals surface area (Å²) in [5.41, 5.74) is 1.79. The van der Waals surface area contributed by atoms with Crippen LogP contribution in [0.2, 0.25) is 0 Å². The first-order chi connectivity index (χ1) is 13.6. The lowest BCUT2D eigenvalue weighted by molar-refractivity contribution is 0.0221. The monoisotopic (exact) mass is 402 g/mol. The Morgan fingerprint density at radius 2 is 2.00 bits per heavy atom. The third-order valence-corrected chi connectivity index (χ3v) is 6.90. The molecule has 1 aromatic rings. The molecule has 7 nitrogen and oxygen atoms in total. The Labute approximate surface area is 173 Å². The van der Waals surface area contributed by atoms with E-state index in [1.54, 1.807) is 9.58 Å². The van der Waals surface area contributed by atoms with Crippen molar-refractivity contribution in [3.8, 4) is 0 Å². The highest BCUT2D eigenvalue weighted by atomic mass is 16.6. The normalized spacial score (nSPS) is 26.9. The third-order valence-electron chi connectivity index (χ3n) is 6.90. The van der Waals surface area contributed by atoms with Gasteiger partial charge in [-0.1, -0.05) is 6.42 Å². The van der Waals surface area contributed by atoms with Gasteiger partial charge in [0.15, 0.2) is 5.69 Å². The van der Waals surface area contributed by atoms with Gasteiger partial charge in [0, 0.05) is 37.3 Å². The van der Waals surface area contributed by atoms with Crippen LogP contribution in [0, 0.1) is 17.8 Å². The molecule has 2 bridgehead atoms. The molecule has 2 aliphatic carbocycles. The standard InChI is InChI=1S/C22H34N4O3/c1-13(16-11-14-6-7-15(16)10-14)23-20(27)19-17-12-26(21(28)29-22(2,3)4)9-8-18(17)25(5)24-19/h13-16H,6-12H2,1-5H3,(H,23,27). The minimum atomic E-state index is -0.539. The summed E-state index contributed by atoms with van der Waals surface area (Å²) in [5, 5.41) is 7.73. The molecule has 1 aromatic heterocycles. The average Bonchev–Trinajstić information content (AvgIpc) is 3.34. The Morgan fingerprint density at radius 1 is 1.24 bits per heavy atom. The highest BCUT2D eigenvalue weighted by Crippen LogP contribution is 2.49. The van der Waals surface area contributed by atoms with Gasteiger partial charge in [-0.15, -0.1) is 0 Å². The number of fused-ring (bicyclic) bond motifs is 3. The second kappa shape index (κ2) is 7.33. The van der Waals surface area contributed by atoms with Gasteiger partial charge < -0.3 is 15.0 Å². The van der Waals surface area contributed by atoms with Gasteiger partial charge >= 0.3 is 6.09 Å². The molecule has 160 valence electrons. The molecule has 4 unspecified atom stereocenters. The van der Waals surface area contributed by atoms with Gasteiger partial charge in [-0.3, -0.25) is 9.48 Å². The molecule has 0 spiro atoms. The second-order valence-corrected chi connectivity index (χ2v) is 10.2. The van der Waals surface area contributed by atoms with E-state index in [1.165, 1.54) is 25.7 Å². The lowest BCUT2D eigenvalue weighted by Gasteiger charge is -2.30. The van der Waals surface area contributed by atoms with Gasteiger partial charge in [0.25, 0.3) is 5.91 Å². The van der Waals surface area contributed by atoms with Crippen LogP contribution < -0.4 is 5.32 Å². The van der Waals surface area contributed by atoms with Crippen molar-refractivity contribution in [1.29, 1.82) is 0 Å². The van der Waals surface area contributed by atoms with Crippen molar-refractivity contribution in [3.05, 3.63) is 17.0 Å². The van der Waals surface area contributed by atoms with Crippen LogP contribution in [0.5, 0.6) is 0 Å². The molecule has 4 rings (SSSR count). The molecule has 0 aromatic carbocycles. The molecule has 2 fully saturated rings. The van der Waals surface area contributed by atoms with E-state index in [0.29, 0.717) is 31.1 Å². The second-order valence-electron chi connectivity index (χ2n) is 10.2. The van der Waals surface area contributed by atoms with Crippen molar-refractivity contribution in [3.63, 3.8) is 0 Å². The minimum Gasteiger partial charge on any atom is -0.444 e. The number of amides is 2. The van der Waals surface area contributed by atoms with E-state index in [1.807, 2.05) is 27.8 Å². The van der Waals surface area contributed by atoms with Gasteiger partial charge in [0.05, 0.1) is 6.54 Å². The summed E-state index contributed by atoms with van der Waals surface area (Å²) in [4.78, 5) is 27.3. The summed E-state index contributed by atoms with van der Waals surface area (Å²) in [7, 11) is 1.87. The summed E-state index contributed by atoms with van der Waals surface area (Å²) in [6.45, 7) is 8.65. The van der Waals surface area contributed by atoms with Crippen molar-refractivity contribution in [2.45, 2.75) is 78.0 Å². The number of aryl methyl sites for hydroxylation is 1. The van der Waals surface area contributed by atoms with Crippen LogP contribution in [0.25, 0.3) is 0 Å². The summed E-state index contributed by atoms with van der Waals surface area (Å²) < 4.78 is 7.31. The first kappa shape index (κ1) is 20.2. The Bertz CT molecular complexity index is 810. The average molecular weight is 403 g/mol. The number of ether oxygens (including phenoxy) is 1. The number of hydrogen-bond donors (Lipinski definition) is 1. The van der Waals surface area contributed by atoms with E-state index in [-0.39, 0.29) is 18.0 Å². The lowest BCUT2D eigenvalue weighted by atomic mass is 9.84. The third kappa shape index (κ3) is 4.01. The zero-order valence-electron chi connectivity index (χ0n) is 18.3. The van der Waals surface area contributed by atoms with Gasteiger partial charge in [-0.25, -0.2) is 4.79 Å². The Hall–Kier alpha value is -2.05. The first-order valence-corrected chi connectivity index (χ1v) is 11.0. The molecule has 7 heteroatoms. The highest BCUT2D eigenvalue weighted by Gasteiger charge is 2.42. The Balaban J connectivity index is 1.46. The van der Waals surface area contributed by atoms with Crippen LogP contribution in [-0.2, 0) is 24.8 Å². The van der Waals surface area contributed by atoms with Gasteiger partial charge in [-0.05, 0) is 64.7 Å². The van der Waals surface area contributed by atoms with E-state index in [2.05, 4.69) is 17.3 Å². The van der Waals surface area contributed by atoms with Crippen molar-refractivity contribution in [2.75, 3.05) is 6.54 Å². The summed E-state index contributed by atoms with van der Waals surface area (Å²) in [6.07, 6.45) is 5.56. The van der Waals surface area contributed by atoms with Gasteiger partial charge in [0.1, 0.15) is 5.60 Å². The largest absolute Gasteiger partial charge is 0.444 e. The first-order valence-electron chi connectivity index (χ1n) is 11.0. The van der Waals surface area contributed by atoms with Crippen molar-refractivity contribution in [1.82, 2.24) is 20.0 Å². The van der Waals surface area contributed by atoms with E-state index in [9.17, 15) is 9.59 Å². The molecule has 3 aliphatic rings. The smallest absolute Gasteiger partial charge is 0.410 e. The molecule has 1 N–H and O–H groups in total. The van der Waals surface area contributed by atoms with Crippen LogP contribution in [0.4, 0.5) is 4.79 Å². The number of carbonyl (C=O) groups excluding carboxylic acids is 2. The molecular weight excluding hydrogens is 368 g/mol. The van der Waals surface area contributed by atoms with Crippen LogP contribution >= 0.6 is 0 Å². The molecule has 1 aliphatic heterocycles. The van der Waals surface area contributed by atoms with Crippen molar-refractivity contribution < 1.29 is 14.3 Å². The maximum Gasteiger partial charge on any atom is 0.410 e. The van der Waals surface area contributed by atoms with Gasteiger partial charge in [-0.2, -0.15) is 5.10 Å². The van der Waals surface area contributed by atoms with Crippen LogP contribution in [0.3, 0.4) is 0 Å². The van der Waals surface area contributed by atoms with Crippen molar-refractivity contribution in [2.24, 2.45) is 24.8 Å². The Morgan fingerprint density at radius 3 is 2.62 bits per heavy atom. The maximum absolute atomic E-state index is 13.1. The minimum absolute atomic E-state index is 0.122. The number of nitrogens with one attached hydrogen (secondary N) is 1. The molecule has 0 saturated heterocycles. The number of rotatable bonds is 3. The van der Waals surface area contributed by atoms with Crippen LogP contribution in [0.1, 0.15) is 75.1 Å². The number of hydrogen-bond acceptors (Lipinski definition) is 4. The van der Waals surface area contributed by atoms with E-state index in [4.69, 9.17) is 4.74 Å². The zero-order chi connectivity index (χ0) is 20.9. The summed E-state index contributed by atoms with van der Waals surface area (Å²) in [5.74, 6) is 2.07. The van der Waals surface area contributed by atoms with E-state index in [0.717, 1.165) is 23.1 Å². The summed E-state index contributed by atoms with van der Waals surface area (Å²) in [6, 6.07) is 0.154. The number of carbonyl (C=O) groups is 2. The summed E-state index contributed by atoms with van der Waals surface area (Å²) >= 11 is 0. The molecule has 2 saturated carbocycles. The Kier molecular flexibility index (Phi) is 5.11. The SMILES string of the molecule is CC(NC(=O)c1nn(C)c2c1CN(C(=O)OC(C)(C)C)CC2)C1CC2CCC1C2. The predicted molar refractivity (Wildman–Crippen MR) is 109 cm³/mol. The molecule has 0 radical (unpaired) electrons.